The largest absolute Gasteiger partial charge is 0.354 e. The third kappa shape index (κ3) is 3.07. The first-order chi connectivity index (χ1) is 11.2. The molecule has 5 heteroatoms. The molecule has 0 aromatic carbocycles. The fourth-order valence-electron chi connectivity index (χ4n) is 4.70. The topological polar surface area (TPSA) is 61.4 Å². The summed E-state index contributed by atoms with van der Waals surface area (Å²) in [4.78, 5) is 27.1. The minimum atomic E-state index is -0.0145. The summed E-state index contributed by atoms with van der Waals surface area (Å²) in [7, 11) is 0. The number of piperidine rings is 1. The maximum absolute atomic E-state index is 12.9. The van der Waals surface area contributed by atoms with Crippen LogP contribution in [0.2, 0.25) is 0 Å². The van der Waals surface area contributed by atoms with Gasteiger partial charge < -0.3 is 15.5 Å². The molecule has 0 aromatic heterocycles. The molecule has 3 rings (SSSR count). The van der Waals surface area contributed by atoms with E-state index in [1.807, 2.05) is 0 Å². The van der Waals surface area contributed by atoms with Gasteiger partial charge in [-0.1, -0.05) is 27.7 Å². The Labute approximate surface area is 145 Å². The van der Waals surface area contributed by atoms with Crippen LogP contribution in [0, 0.1) is 22.7 Å². The van der Waals surface area contributed by atoms with Crippen LogP contribution in [0.25, 0.3) is 0 Å². The lowest BCUT2D eigenvalue weighted by Crippen LogP contribution is -2.47. The Hall–Kier alpha value is -1.10. The summed E-state index contributed by atoms with van der Waals surface area (Å²) in [6.07, 6.45) is 4.16. The van der Waals surface area contributed by atoms with E-state index < -0.39 is 0 Å². The molecular weight excluding hydrogens is 302 g/mol. The molecule has 3 aliphatic rings. The number of carbonyl (C=O) groups is 2. The van der Waals surface area contributed by atoms with E-state index in [0.717, 1.165) is 45.3 Å². The third-order valence-electron chi connectivity index (χ3n) is 7.04. The SMILES string of the molecule is CC1(C)C(C(=O)N2CCCC(CNC(=O)C3CCCN3)C2)C1(C)C. The zero-order valence-electron chi connectivity index (χ0n) is 15.7. The van der Waals surface area contributed by atoms with E-state index in [4.69, 9.17) is 0 Å². The molecule has 2 heterocycles. The Morgan fingerprint density at radius 1 is 1.12 bits per heavy atom. The number of likely N-dealkylation sites (tertiary alicyclic amines) is 1. The van der Waals surface area contributed by atoms with Crippen LogP contribution in [0.3, 0.4) is 0 Å². The van der Waals surface area contributed by atoms with Gasteiger partial charge in [-0.15, -0.1) is 0 Å². The minimum Gasteiger partial charge on any atom is -0.354 e. The molecule has 2 N–H and O–H groups in total. The molecule has 2 saturated heterocycles. The van der Waals surface area contributed by atoms with E-state index in [1.165, 1.54) is 0 Å². The van der Waals surface area contributed by atoms with Crippen LogP contribution in [-0.4, -0.2) is 48.9 Å². The summed E-state index contributed by atoms with van der Waals surface area (Å²) in [6.45, 7) is 12.1. The van der Waals surface area contributed by atoms with Crippen molar-refractivity contribution in [2.24, 2.45) is 22.7 Å². The molecule has 0 bridgehead atoms. The van der Waals surface area contributed by atoms with Crippen LogP contribution >= 0.6 is 0 Å². The maximum Gasteiger partial charge on any atom is 0.237 e. The van der Waals surface area contributed by atoms with Gasteiger partial charge in [0.25, 0.3) is 0 Å². The highest BCUT2D eigenvalue weighted by molar-refractivity contribution is 5.84. The molecule has 3 fully saturated rings. The number of hydrogen-bond donors (Lipinski definition) is 2. The van der Waals surface area contributed by atoms with Gasteiger partial charge in [0.15, 0.2) is 0 Å². The Bertz CT molecular complexity index is 495. The molecule has 2 amide bonds. The van der Waals surface area contributed by atoms with Crippen molar-refractivity contribution in [3.8, 4) is 0 Å². The lowest BCUT2D eigenvalue weighted by molar-refractivity contribution is -0.135. The predicted octanol–water partition coefficient (Wildman–Crippen LogP) is 1.78. The lowest BCUT2D eigenvalue weighted by atomic mass is 9.96. The van der Waals surface area contributed by atoms with Crippen molar-refractivity contribution >= 4 is 11.8 Å². The molecule has 1 aliphatic carbocycles. The summed E-state index contributed by atoms with van der Waals surface area (Å²) in [5.41, 5.74) is 0.193. The number of nitrogens with zero attached hydrogens (tertiary/aromatic N) is 1. The first-order valence-electron chi connectivity index (χ1n) is 9.55. The summed E-state index contributed by atoms with van der Waals surface area (Å²) >= 11 is 0. The van der Waals surface area contributed by atoms with Crippen molar-refractivity contribution in [2.75, 3.05) is 26.2 Å². The van der Waals surface area contributed by atoms with Crippen molar-refractivity contribution in [3.05, 3.63) is 0 Å². The van der Waals surface area contributed by atoms with Crippen LogP contribution < -0.4 is 10.6 Å². The van der Waals surface area contributed by atoms with Gasteiger partial charge in [0, 0.05) is 25.6 Å². The number of rotatable bonds is 4. The van der Waals surface area contributed by atoms with E-state index in [9.17, 15) is 9.59 Å². The zero-order chi connectivity index (χ0) is 17.5. The smallest absolute Gasteiger partial charge is 0.237 e. The molecule has 5 nitrogen and oxygen atoms in total. The van der Waals surface area contributed by atoms with Gasteiger partial charge in [0.2, 0.25) is 11.8 Å². The van der Waals surface area contributed by atoms with Crippen LogP contribution in [0.5, 0.6) is 0 Å². The molecular formula is C19H33N3O2. The summed E-state index contributed by atoms with van der Waals surface area (Å²) in [5, 5.41) is 6.33. The van der Waals surface area contributed by atoms with E-state index in [0.29, 0.717) is 18.4 Å². The number of amides is 2. The van der Waals surface area contributed by atoms with Gasteiger partial charge in [-0.2, -0.15) is 0 Å². The van der Waals surface area contributed by atoms with Crippen molar-refractivity contribution in [3.63, 3.8) is 0 Å². The molecule has 2 atom stereocenters. The molecule has 1 saturated carbocycles. The molecule has 0 spiro atoms. The molecule has 2 unspecified atom stereocenters. The van der Waals surface area contributed by atoms with Gasteiger partial charge in [0.05, 0.1) is 6.04 Å². The van der Waals surface area contributed by atoms with Crippen molar-refractivity contribution in [1.29, 1.82) is 0 Å². The minimum absolute atomic E-state index is 0.0145. The number of carbonyl (C=O) groups excluding carboxylic acids is 2. The fourth-order valence-corrected chi connectivity index (χ4v) is 4.70. The van der Waals surface area contributed by atoms with Crippen LogP contribution in [0.15, 0.2) is 0 Å². The van der Waals surface area contributed by atoms with E-state index in [1.54, 1.807) is 0 Å². The normalized spacial score (nSPS) is 31.8. The summed E-state index contributed by atoms with van der Waals surface area (Å²) < 4.78 is 0. The first-order valence-corrected chi connectivity index (χ1v) is 9.55. The second-order valence-electron chi connectivity index (χ2n) is 9.06. The lowest BCUT2D eigenvalue weighted by Gasteiger charge is -2.33. The summed E-state index contributed by atoms with van der Waals surface area (Å²) in [6, 6.07) is -0.0145. The average molecular weight is 335 g/mol. The van der Waals surface area contributed by atoms with Crippen molar-refractivity contribution < 1.29 is 9.59 Å². The van der Waals surface area contributed by atoms with Gasteiger partial charge >= 0.3 is 0 Å². The number of nitrogens with one attached hydrogen (secondary N) is 2. The van der Waals surface area contributed by atoms with Crippen molar-refractivity contribution in [2.45, 2.75) is 59.4 Å². The quantitative estimate of drug-likeness (QED) is 0.823. The highest BCUT2D eigenvalue weighted by Crippen LogP contribution is 2.68. The van der Waals surface area contributed by atoms with Crippen molar-refractivity contribution in [1.82, 2.24) is 15.5 Å². The predicted molar refractivity (Wildman–Crippen MR) is 94.4 cm³/mol. The van der Waals surface area contributed by atoms with Gasteiger partial charge in [-0.05, 0) is 49.0 Å². The maximum atomic E-state index is 12.9. The molecule has 24 heavy (non-hydrogen) atoms. The Balaban J connectivity index is 1.49. The zero-order valence-corrected chi connectivity index (χ0v) is 15.7. The Kier molecular flexibility index (Phi) is 4.67. The van der Waals surface area contributed by atoms with E-state index in [2.05, 4.69) is 43.2 Å². The summed E-state index contributed by atoms with van der Waals surface area (Å²) in [5.74, 6) is 0.970. The monoisotopic (exact) mass is 335 g/mol. The molecule has 0 radical (unpaired) electrons. The third-order valence-corrected chi connectivity index (χ3v) is 7.04. The molecule has 136 valence electrons. The Morgan fingerprint density at radius 2 is 1.83 bits per heavy atom. The fraction of sp³-hybridized carbons (Fsp3) is 0.895. The van der Waals surface area contributed by atoms with Gasteiger partial charge in [0.1, 0.15) is 0 Å². The highest BCUT2D eigenvalue weighted by Gasteiger charge is 2.68. The Morgan fingerprint density at radius 3 is 2.42 bits per heavy atom. The van der Waals surface area contributed by atoms with E-state index in [-0.39, 0.29) is 28.7 Å². The van der Waals surface area contributed by atoms with Crippen LogP contribution in [-0.2, 0) is 9.59 Å². The standard InChI is InChI=1S/C19H33N3O2/c1-18(2)15(19(18,3)4)17(24)22-10-6-7-13(12-22)11-21-16(23)14-8-5-9-20-14/h13-15,20H,5-12H2,1-4H3,(H,21,23). The van der Waals surface area contributed by atoms with Crippen LogP contribution in [0.4, 0.5) is 0 Å². The second-order valence-corrected chi connectivity index (χ2v) is 9.06. The molecule has 2 aliphatic heterocycles. The number of hydrogen-bond acceptors (Lipinski definition) is 3. The van der Waals surface area contributed by atoms with Crippen LogP contribution in [0.1, 0.15) is 53.4 Å². The average Bonchev–Trinajstić information content (AvgIpc) is 2.95. The highest BCUT2D eigenvalue weighted by atomic mass is 16.2. The van der Waals surface area contributed by atoms with E-state index >= 15 is 0 Å². The molecule has 0 aromatic rings. The first kappa shape index (κ1) is 17.7. The van der Waals surface area contributed by atoms with Gasteiger partial charge in [-0.3, -0.25) is 9.59 Å². The van der Waals surface area contributed by atoms with Gasteiger partial charge in [-0.25, -0.2) is 0 Å². The second kappa shape index (κ2) is 6.32.